The number of aromatic nitrogens is 1. The Labute approximate surface area is 174 Å². The number of carbonyl (C=O) groups excluding carboxylic acids is 1. The average molecular weight is 400 g/mol. The van der Waals surface area contributed by atoms with Gasteiger partial charge < -0.3 is 9.42 Å². The number of nitrogens with zero attached hydrogens (tertiary/aromatic N) is 2. The number of halogens is 1. The molecule has 1 aromatic heterocycles. The van der Waals surface area contributed by atoms with Crippen LogP contribution in [0.1, 0.15) is 27.2 Å². The van der Waals surface area contributed by atoms with Gasteiger partial charge in [0.25, 0.3) is 5.91 Å². The minimum Gasteiger partial charge on any atom is -0.356 e. The number of amides is 1. The van der Waals surface area contributed by atoms with Gasteiger partial charge in [0.2, 0.25) is 0 Å². The molecule has 0 aliphatic heterocycles. The van der Waals surface area contributed by atoms with Crippen LogP contribution < -0.4 is 0 Å². The second kappa shape index (κ2) is 8.74. The third-order valence-electron chi connectivity index (χ3n) is 4.84. The van der Waals surface area contributed by atoms with E-state index < -0.39 is 0 Å². The van der Waals surface area contributed by atoms with Crippen LogP contribution in [0.5, 0.6) is 0 Å². The van der Waals surface area contributed by atoms with E-state index in [9.17, 15) is 9.18 Å². The van der Waals surface area contributed by atoms with E-state index in [-0.39, 0.29) is 18.3 Å². The van der Waals surface area contributed by atoms with Crippen molar-refractivity contribution in [3.63, 3.8) is 0 Å². The molecular weight excluding hydrogens is 379 g/mol. The molecule has 150 valence electrons. The van der Waals surface area contributed by atoms with Crippen molar-refractivity contribution in [3.8, 4) is 11.3 Å². The van der Waals surface area contributed by atoms with Crippen molar-refractivity contribution >= 4 is 5.91 Å². The van der Waals surface area contributed by atoms with E-state index in [4.69, 9.17) is 4.52 Å². The number of carbonyl (C=O) groups is 1. The number of benzene rings is 3. The maximum atomic E-state index is 13.3. The minimum absolute atomic E-state index is 0.122. The highest BCUT2D eigenvalue weighted by Gasteiger charge is 2.19. The number of hydrogen-bond donors (Lipinski definition) is 0. The van der Waals surface area contributed by atoms with Gasteiger partial charge in [-0.15, -0.1) is 0 Å². The summed E-state index contributed by atoms with van der Waals surface area (Å²) < 4.78 is 18.8. The Morgan fingerprint density at radius 2 is 1.63 bits per heavy atom. The highest BCUT2D eigenvalue weighted by atomic mass is 19.1. The second-order valence-corrected chi connectivity index (χ2v) is 7.20. The van der Waals surface area contributed by atoms with Crippen molar-refractivity contribution in [1.29, 1.82) is 0 Å². The van der Waals surface area contributed by atoms with Crippen LogP contribution in [-0.2, 0) is 13.1 Å². The topological polar surface area (TPSA) is 46.3 Å². The Kier molecular flexibility index (Phi) is 5.70. The smallest absolute Gasteiger partial charge is 0.254 e. The molecule has 1 amide bonds. The van der Waals surface area contributed by atoms with Crippen molar-refractivity contribution < 1.29 is 13.7 Å². The summed E-state index contributed by atoms with van der Waals surface area (Å²) in [7, 11) is 0. The lowest BCUT2D eigenvalue weighted by atomic mass is 10.1. The third-order valence-corrected chi connectivity index (χ3v) is 4.84. The summed E-state index contributed by atoms with van der Waals surface area (Å²) in [5.41, 5.74) is 4.08. The van der Waals surface area contributed by atoms with E-state index in [1.165, 1.54) is 12.1 Å². The van der Waals surface area contributed by atoms with Crippen molar-refractivity contribution in [2.75, 3.05) is 0 Å². The lowest BCUT2D eigenvalue weighted by Gasteiger charge is -2.22. The van der Waals surface area contributed by atoms with Crippen LogP contribution in [0.3, 0.4) is 0 Å². The molecule has 4 nitrogen and oxygen atoms in total. The van der Waals surface area contributed by atoms with E-state index in [1.807, 2.05) is 67.6 Å². The van der Waals surface area contributed by atoms with Crippen LogP contribution in [0.4, 0.5) is 4.39 Å². The second-order valence-electron chi connectivity index (χ2n) is 7.20. The van der Waals surface area contributed by atoms with Crippen LogP contribution in [0.15, 0.2) is 89.5 Å². The highest BCUT2D eigenvalue weighted by molar-refractivity contribution is 5.94. The summed E-state index contributed by atoms with van der Waals surface area (Å²) in [5.74, 6) is 0.220. The van der Waals surface area contributed by atoms with Gasteiger partial charge in [0.15, 0.2) is 5.76 Å². The third kappa shape index (κ3) is 4.63. The zero-order valence-electron chi connectivity index (χ0n) is 16.6. The Morgan fingerprint density at radius 3 is 2.33 bits per heavy atom. The molecule has 0 radical (unpaired) electrons. The average Bonchev–Trinajstić information content (AvgIpc) is 3.24. The fourth-order valence-electron chi connectivity index (χ4n) is 3.21. The maximum absolute atomic E-state index is 13.3. The molecule has 0 saturated carbocycles. The lowest BCUT2D eigenvalue weighted by molar-refractivity contribution is 0.0726. The van der Waals surface area contributed by atoms with Gasteiger partial charge in [-0.05, 0) is 36.8 Å². The molecule has 0 fully saturated rings. The Morgan fingerprint density at radius 1 is 0.933 bits per heavy atom. The van der Waals surface area contributed by atoms with Gasteiger partial charge in [-0.25, -0.2) is 4.39 Å². The highest BCUT2D eigenvalue weighted by Crippen LogP contribution is 2.22. The first-order valence-corrected chi connectivity index (χ1v) is 9.70. The van der Waals surface area contributed by atoms with Gasteiger partial charge in [0.05, 0.1) is 6.54 Å². The monoisotopic (exact) mass is 400 g/mol. The van der Waals surface area contributed by atoms with Gasteiger partial charge in [0, 0.05) is 23.7 Å². The van der Waals surface area contributed by atoms with Gasteiger partial charge in [-0.2, -0.15) is 0 Å². The quantitative estimate of drug-likeness (QED) is 0.421. The van der Waals surface area contributed by atoms with Gasteiger partial charge in [-0.3, -0.25) is 4.79 Å². The first kappa shape index (κ1) is 19.6. The van der Waals surface area contributed by atoms with Crippen LogP contribution in [0, 0.1) is 12.7 Å². The van der Waals surface area contributed by atoms with E-state index in [0.29, 0.717) is 23.6 Å². The minimum atomic E-state index is -0.306. The number of hydrogen-bond acceptors (Lipinski definition) is 3. The van der Waals surface area contributed by atoms with Gasteiger partial charge in [0.1, 0.15) is 11.5 Å². The molecule has 5 heteroatoms. The Balaban J connectivity index is 1.59. The molecule has 0 unspecified atom stereocenters. The summed E-state index contributed by atoms with van der Waals surface area (Å²) in [6, 6.07) is 25.1. The van der Waals surface area contributed by atoms with Gasteiger partial charge >= 0.3 is 0 Å². The number of aryl methyl sites for hydroxylation is 1. The predicted octanol–water partition coefficient (Wildman–Crippen LogP) is 5.63. The zero-order valence-corrected chi connectivity index (χ0v) is 16.6. The summed E-state index contributed by atoms with van der Waals surface area (Å²) in [5, 5.41) is 4.15. The largest absolute Gasteiger partial charge is 0.356 e. The van der Waals surface area contributed by atoms with E-state index in [1.54, 1.807) is 17.0 Å². The Bertz CT molecular complexity index is 1120. The zero-order chi connectivity index (χ0) is 20.9. The molecule has 1 heterocycles. The van der Waals surface area contributed by atoms with Crippen LogP contribution in [0.25, 0.3) is 11.3 Å². The molecule has 4 rings (SSSR count). The van der Waals surface area contributed by atoms with Crippen LogP contribution in [-0.4, -0.2) is 16.0 Å². The van der Waals surface area contributed by atoms with Crippen LogP contribution >= 0.6 is 0 Å². The predicted molar refractivity (Wildman–Crippen MR) is 113 cm³/mol. The molecular formula is C25H21FN2O2. The molecule has 0 spiro atoms. The molecule has 30 heavy (non-hydrogen) atoms. The van der Waals surface area contributed by atoms with Crippen molar-refractivity contribution in [3.05, 3.63) is 113 Å². The fraction of sp³-hybridized carbons (Fsp3) is 0.120. The standard InChI is InChI=1S/C25H21FN2O2/c1-18-7-11-21(12-8-18)25(29)28(16-19-9-13-22(26)14-10-19)17-23-15-24(30-27-23)20-5-3-2-4-6-20/h2-15H,16-17H2,1H3. The molecule has 3 aromatic carbocycles. The molecule has 4 aromatic rings. The fourth-order valence-corrected chi connectivity index (χ4v) is 3.21. The summed E-state index contributed by atoms with van der Waals surface area (Å²) in [4.78, 5) is 14.9. The summed E-state index contributed by atoms with van der Waals surface area (Å²) in [6.45, 7) is 2.59. The van der Waals surface area contributed by atoms with E-state index >= 15 is 0 Å². The SMILES string of the molecule is Cc1ccc(C(=O)N(Cc2ccc(F)cc2)Cc2cc(-c3ccccc3)on2)cc1. The summed E-state index contributed by atoms with van der Waals surface area (Å²) in [6.07, 6.45) is 0. The normalized spacial score (nSPS) is 10.7. The lowest BCUT2D eigenvalue weighted by Crippen LogP contribution is -2.30. The van der Waals surface area contributed by atoms with Crippen LogP contribution in [0.2, 0.25) is 0 Å². The first-order valence-electron chi connectivity index (χ1n) is 9.70. The first-order chi connectivity index (χ1) is 14.6. The molecule has 0 atom stereocenters. The van der Waals surface area contributed by atoms with E-state index in [0.717, 1.165) is 16.7 Å². The molecule has 0 bridgehead atoms. The number of rotatable bonds is 6. The molecule has 0 aliphatic carbocycles. The summed E-state index contributed by atoms with van der Waals surface area (Å²) >= 11 is 0. The van der Waals surface area contributed by atoms with Gasteiger partial charge in [-0.1, -0.05) is 65.3 Å². The maximum Gasteiger partial charge on any atom is 0.254 e. The molecule has 0 aliphatic rings. The van der Waals surface area contributed by atoms with Crippen molar-refractivity contribution in [2.24, 2.45) is 0 Å². The van der Waals surface area contributed by atoms with E-state index in [2.05, 4.69) is 5.16 Å². The molecule has 0 N–H and O–H groups in total. The molecule has 0 saturated heterocycles. The van der Waals surface area contributed by atoms with Crippen molar-refractivity contribution in [1.82, 2.24) is 10.1 Å². The Hall–Kier alpha value is -3.73. The van der Waals surface area contributed by atoms with Crippen molar-refractivity contribution in [2.45, 2.75) is 20.0 Å².